The van der Waals surface area contributed by atoms with Crippen molar-refractivity contribution in [3.05, 3.63) is 76.2 Å². The van der Waals surface area contributed by atoms with Crippen LogP contribution in [0, 0.1) is 5.41 Å². The molecule has 0 bridgehead atoms. The molecule has 0 amide bonds. The van der Waals surface area contributed by atoms with Crippen LogP contribution in [0.2, 0.25) is 5.02 Å². The lowest BCUT2D eigenvalue weighted by Gasteiger charge is -2.38. The van der Waals surface area contributed by atoms with E-state index in [1.54, 1.807) is 4.68 Å². The van der Waals surface area contributed by atoms with Crippen LogP contribution in [-0.2, 0) is 11.4 Å². The molecule has 8 heteroatoms. The van der Waals surface area contributed by atoms with Crippen molar-refractivity contribution in [2.45, 2.75) is 46.3 Å². The fourth-order valence-corrected chi connectivity index (χ4v) is 4.81. The van der Waals surface area contributed by atoms with Gasteiger partial charge in [0.25, 0.3) is 0 Å². The number of rotatable bonds is 6. The number of ether oxygens (including phenoxy) is 2. The van der Waals surface area contributed by atoms with Crippen LogP contribution in [-0.4, -0.2) is 27.2 Å². The van der Waals surface area contributed by atoms with Crippen molar-refractivity contribution in [1.82, 2.24) is 14.8 Å². The van der Waals surface area contributed by atoms with E-state index in [9.17, 15) is 4.79 Å². The van der Waals surface area contributed by atoms with E-state index in [-0.39, 0.29) is 17.2 Å². The van der Waals surface area contributed by atoms with E-state index in [1.165, 1.54) is 6.33 Å². The third-order valence-corrected chi connectivity index (χ3v) is 6.42. The van der Waals surface area contributed by atoms with Crippen LogP contribution in [0.1, 0.15) is 50.8 Å². The van der Waals surface area contributed by atoms with Gasteiger partial charge in [0.2, 0.25) is 5.95 Å². The Morgan fingerprint density at radius 2 is 1.91 bits per heavy atom. The predicted octanol–water partition coefficient (Wildman–Crippen LogP) is 5.57. The van der Waals surface area contributed by atoms with Crippen LogP contribution in [0.5, 0.6) is 11.5 Å². The van der Waals surface area contributed by atoms with Gasteiger partial charge in [-0.3, -0.25) is 4.79 Å². The predicted molar refractivity (Wildman–Crippen MR) is 130 cm³/mol. The van der Waals surface area contributed by atoms with Gasteiger partial charge >= 0.3 is 0 Å². The molecule has 0 spiro atoms. The molecule has 1 atom stereocenters. The number of anilines is 1. The minimum Gasteiger partial charge on any atom is -0.490 e. The first-order valence-electron chi connectivity index (χ1n) is 11.4. The maximum Gasteiger partial charge on any atom is 0.226 e. The van der Waals surface area contributed by atoms with Crippen molar-refractivity contribution in [1.29, 1.82) is 0 Å². The molecule has 3 aromatic rings. The smallest absolute Gasteiger partial charge is 0.226 e. The zero-order valence-electron chi connectivity index (χ0n) is 19.5. The summed E-state index contributed by atoms with van der Waals surface area (Å²) < 4.78 is 13.8. The molecule has 1 aromatic heterocycles. The van der Waals surface area contributed by atoms with Crippen LogP contribution in [0.3, 0.4) is 0 Å². The van der Waals surface area contributed by atoms with Crippen molar-refractivity contribution in [2.75, 3.05) is 11.9 Å². The number of hydrogen-bond donors (Lipinski definition) is 1. The van der Waals surface area contributed by atoms with E-state index in [4.69, 9.17) is 21.1 Å². The van der Waals surface area contributed by atoms with Gasteiger partial charge in [-0.1, -0.05) is 43.6 Å². The molecule has 34 heavy (non-hydrogen) atoms. The third-order valence-electron chi connectivity index (χ3n) is 6.16. The molecule has 1 unspecified atom stereocenters. The fraction of sp³-hybridized carbons (Fsp3) is 0.346. The van der Waals surface area contributed by atoms with Gasteiger partial charge in [0.05, 0.1) is 6.61 Å². The molecule has 0 radical (unpaired) electrons. The Morgan fingerprint density at radius 1 is 1.12 bits per heavy atom. The Balaban J connectivity index is 1.51. The quantitative estimate of drug-likeness (QED) is 0.499. The van der Waals surface area contributed by atoms with Gasteiger partial charge in [-0.15, -0.1) is 0 Å². The Labute approximate surface area is 203 Å². The molecule has 1 aliphatic carbocycles. The van der Waals surface area contributed by atoms with Gasteiger partial charge in [0, 0.05) is 22.7 Å². The number of allylic oxidation sites excluding steroid dienone is 2. The second-order valence-electron chi connectivity index (χ2n) is 9.44. The lowest BCUT2D eigenvalue weighted by molar-refractivity contribution is -0.118. The van der Waals surface area contributed by atoms with E-state index in [0.717, 1.165) is 28.8 Å². The van der Waals surface area contributed by atoms with Gasteiger partial charge in [-0.25, -0.2) is 4.68 Å². The minimum atomic E-state index is -0.373. The highest BCUT2D eigenvalue weighted by Gasteiger charge is 2.41. The van der Waals surface area contributed by atoms with Gasteiger partial charge in [-0.2, -0.15) is 10.1 Å². The topological polar surface area (TPSA) is 78.3 Å². The first-order valence-corrected chi connectivity index (χ1v) is 11.8. The van der Waals surface area contributed by atoms with Gasteiger partial charge < -0.3 is 14.8 Å². The Kier molecular flexibility index (Phi) is 5.81. The average Bonchev–Trinajstić information content (AvgIpc) is 3.25. The molecule has 1 N–H and O–H groups in total. The zero-order chi connectivity index (χ0) is 23.9. The van der Waals surface area contributed by atoms with Crippen molar-refractivity contribution in [3.63, 3.8) is 0 Å². The number of benzene rings is 2. The monoisotopic (exact) mass is 478 g/mol. The molecular formula is C26H27ClN4O3. The molecule has 2 heterocycles. The number of hydrogen-bond acceptors (Lipinski definition) is 6. The number of halogens is 1. The molecule has 0 saturated heterocycles. The van der Waals surface area contributed by atoms with E-state index in [1.807, 2.05) is 49.4 Å². The van der Waals surface area contributed by atoms with E-state index in [2.05, 4.69) is 29.2 Å². The molecule has 176 valence electrons. The van der Waals surface area contributed by atoms with E-state index in [0.29, 0.717) is 42.1 Å². The number of Topliss-reactive ketones (excluding diaryl/α,β-unsaturated/α-hetero) is 1. The maximum absolute atomic E-state index is 13.3. The van der Waals surface area contributed by atoms with Crippen LogP contribution in [0.15, 0.2) is 60.1 Å². The first-order chi connectivity index (χ1) is 16.3. The number of aromatic nitrogens is 3. The van der Waals surface area contributed by atoms with Crippen molar-refractivity contribution >= 4 is 23.3 Å². The Bertz CT molecular complexity index is 1260. The molecule has 0 saturated carbocycles. The normalized spacial score (nSPS) is 18.7. The van der Waals surface area contributed by atoms with E-state index < -0.39 is 0 Å². The second-order valence-corrected chi connectivity index (χ2v) is 9.88. The van der Waals surface area contributed by atoms with Crippen LogP contribution >= 0.6 is 11.6 Å². The molecule has 0 fully saturated rings. The minimum absolute atomic E-state index is 0.106. The summed E-state index contributed by atoms with van der Waals surface area (Å²) in [5.41, 5.74) is 3.47. The first kappa shape index (κ1) is 22.5. The van der Waals surface area contributed by atoms with Gasteiger partial charge in [0.15, 0.2) is 17.3 Å². The summed E-state index contributed by atoms with van der Waals surface area (Å²) in [6.45, 7) is 7.04. The van der Waals surface area contributed by atoms with Crippen LogP contribution < -0.4 is 14.8 Å². The van der Waals surface area contributed by atoms with E-state index >= 15 is 0 Å². The number of nitrogens with one attached hydrogen (secondary N) is 1. The highest BCUT2D eigenvalue weighted by Crippen LogP contribution is 2.46. The fourth-order valence-electron chi connectivity index (χ4n) is 4.68. The standard InChI is InChI=1S/C26H27ClN4O3/c1-4-33-22-11-17(7-10-21(22)34-14-16-5-8-18(27)9-6-16)24-23-19(12-26(2,3)13-20(23)32)30-25-28-15-29-31(24)25/h5-11,15,24H,4,12-14H2,1-3H3,(H,28,29,30). The molecule has 2 aliphatic rings. The second kappa shape index (κ2) is 8.80. The number of ketones is 1. The summed E-state index contributed by atoms with van der Waals surface area (Å²) in [6.07, 6.45) is 2.78. The number of carbonyl (C=O) groups excluding carboxylic acids is 1. The Morgan fingerprint density at radius 3 is 2.68 bits per heavy atom. The highest BCUT2D eigenvalue weighted by atomic mass is 35.5. The largest absolute Gasteiger partial charge is 0.490 e. The van der Waals surface area contributed by atoms with Gasteiger partial charge in [-0.05, 0) is 54.2 Å². The zero-order valence-corrected chi connectivity index (χ0v) is 20.2. The highest BCUT2D eigenvalue weighted by molar-refractivity contribution is 6.30. The van der Waals surface area contributed by atoms with Crippen molar-refractivity contribution < 1.29 is 14.3 Å². The van der Waals surface area contributed by atoms with Crippen molar-refractivity contribution in [2.24, 2.45) is 5.41 Å². The molecule has 5 rings (SSSR count). The maximum atomic E-state index is 13.3. The molecule has 7 nitrogen and oxygen atoms in total. The third kappa shape index (κ3) is 4.28. The summed E-state index contributed by atoms with van der Waals surface area (Å²) in [5, 5.41) is 8.46. The lowest BCUT2D eigenvalue weighted by Crippen LogP contribution is -2.36. The Hall–Kier alpha value is -3.32. The number of fused-ring (bicyclic) bond motifs is 1. The van der Waals surface area contributed by atoms with Crippen LogP contribution in [0.4, 0.5) is 5.95 Å². The summed E-state index contributed by atoms with van der Waals surface area (Å²) in [7, 11) is 0. The number of nitrogens with zero attached hydrogens (tertiary/aromatic N) is 3. The van der Waals surface area contributed by atoms with Gasteiger partial charge in [0.1, 0.15) is 19.0 Å². The van der Waals surface area contributed by atoms with Crippen LogP contribution in [0.25, 0.3) is 0 Å². The summed E-state index contributed by atoms with van der Waals surface area (Å²) in [6, 6.07) is 13.0. The lowest BCUT2D eigenvalue weighted by atomic mass is 9.73. The summed E-state index contributed by atoms with van der Waals surface area (Å²) in [4.78, 5) is 17.7. The summed E-state index contributed by atoms with van der Waals surface area (Å²) >= 11 is 5.98. The molecular weight excluding hydrogens is 452 g/mol. The summed E-state index contributed by atoms with van der Waals surface area (Å²) in [5.74, 6) is 2.03. The molecule has 2 aromatic carbocycles. The van der Waals surface area contributed by atoms with Crippen molar-refractivity contribution in [3.8, 4) is 11.5 Å². The average molecular weight is 479 g/mol. The molecule has 1 aliphatic heterocycles. The SMILES string of the molecule is CCOc1cc(C2C3=C(CC(C)(C)CC3=O)Nc3ncnn32)ccc1OCc1ccc(Cl)cc1. The number of carbonyl (C=O) groups is 1.